The summed E-state index contributed by atoms with van der Waals surface area (Å²) in [5, 5.41) is 3.57. The van der Waals surface area contributed by atoms with Gasteiger partial charge in [0.1, 0.15) is 5.75 Å². The fraction of sp³-hybridized carbons (Fsp3) is 0.381. The van der Waals surface area contributed by atoms with E-state index in [4.69, 9.17) is 16.3 Å². The minimum atomic E-state index is -0.117. The molecule has 0 radical (unpaired) electrons. The molecule has 132 valence electrons. The molecule has 0 spiro atoms. The molecule has 1 atom stereocenters. The van der Waals surface area contributed by atoms with Gasteiger partial charge in [-0.2, -0.15) is 0 Å². The van der Waals surface area contributed by atoms with Gasteiger partial charge in [-0.1, -0.05) is 36.7 Å². The summed E-state index contributed by atoms with van der Waals surface area (Å²) in [5.41, 5.74) is 4.61. The van der Waals surface area contributed by atoms with Gasteiger partial charge in [0.25, 0.3) is 5.91 Å². The third-order valence-corrected chi connectivity index (χ3v) is 5.20. The van der Waals surface area contributed by atoms with Gasteiger partial charge in [-0.25, -0.2) is 0 Å². The van der Waals surface area contributed by atoms with Crippen LogP contribution in [0.15, 0.2) is 36.4 Å². The molecule has 0 saturated heterocycles. The molecular formula is C21H24ClNO2. The smallest absolute Gasteiger partial charge is 0.251 e. The Labute approximate surface area is 154 Å². The van der Waals surface area contributed by atoms with Crippen LogP contribution in [-0.2, 0) is 12.8 Å². The minimum Gasteiger partial charge on any atom is -0.495 e. The van der Waals surface area contributed by atoms with E-state index in [1.807, 2.05) is 0 Å². The second-order valence-corrected chi connectivity index (χ2v) is 6.93. The van der Waals surface area contributed by atoms with Crippen molar-refractivity contribution in [2.24, 2.45) is 0 Å². The molecule has 0 saturated carbocycles. The van der Waals surface area contributed by atoms with Crippen molar-refractivity contribution < 1.29 is 9.53 Å². The standard InChI is InChI=1S/C21H24ClNO2/c1-3-19(16-9-8-14-6-4-5-7-15(14)12-16)23-21(24)17-10-11-20(25-2)18(22)13-17/h8-13,19H,3-7H2,1-2H3,(H,23,24). The fourth-order valence-corrected chi connectivity index (χ4v) is 3.70. The largest absolute Gasteiger partial charge is 0.495 e. The van der Waals surface area contributed by atoms with Crippen LogP contribution in [0.5, 0.6) is 5.75 Å². The lowest BCUT2D eigenvalue weighted by atomic mass is 9.88. The van der Waals surface area contributed by atoms with Crippen molar-refractivity contribution >= 4 is 17.5 Å². The average molecular weight is 358 g/mol. The van der Waals surface area contributed by atoms with Crippen molar-refractivity contribution in [1.29, 1.82) is 0 Å². The zero-order valence-electron chi connectivity index (χ0n) is 14.8. The van der Waals surface area contributed by atoms with Gasteiger partial charge in [-0.3, -0.25) is 4.79 Å². The lowest BCUT2D eigenvalue weighted by Crippen LogP contribution is -2.28. The van der Waals surface area contributed by atoms with Crippen LogP contribution in [0.4, 0.5) is 0 Å². The van der Waals surface area contributed by atoms with E-state index in [-0.39, 0.29) is 11.9 Å². The molecule has 1 unspecified atom stereocenters. The summed E-state index contributed by atoms with van der Waals surface area (Å²) in [7, 11) is 1.56. The van der Waals surface area contributed by atoms with Gasteiger partial charge in [0.2, 0.25) is 0 Å². The summed E-state index contributed by atoms with van der Waals surface area (Å²) in [5.74, 6) is 0.453. The Morgan fingerprint density at radius 3 is 2.60 bits per heavy atom. The highest BCUT2D eigenvalue weighted by Gasteiger charge is 2.17. The Balaban J connectivity index is 1.77. The molecule has 2 aromatic carbocycles. The maximum Gasteiger partial charge on any atom is 0.251 e. The lowest BCUT2D eigenvalue weighted by molar-refractivity contribution is 0.0935. The summed E-state index contributed by atoms with van der Waals surface area (Å²) < 4.78 is 5.14. The Morgan fingerprint density at radius 2 is 1.92 bits per heavy atom. The fourth-order valence-electron chi connectivity index (χ4n) is 3.44. The van der Waals surface area contributed by atoms with Crippen molar-refractivity contribution in [2.75, 3.05) is 7.11 Å². The van der Waals surface area contributed by atoms with Crippen molar-refractivity contribution in [3.8, 4) is 5.75 Å². The number of rotatable bonds is 5. The Hall–Kier alpha value is -2.00. The number of carbonyl (C=O) groups is 1. The van der Waals surface area contributed by atoms with Crippen LogP contribution in [0, 0.1) is 0 Å². The summed E-state index contributed by atoms with van der Waals surface area (Å²) in [4.78, 5) is 12.6. The summed E-state index contributed by atoms with van der Waals surface area (Å²) in [6.45, 7) is 2.09. The summed E-state index contributed by atoms with van der Waals surface area (Å²) in [6, 6.07) is 11.7. The highest BCUT2D eigenvalue weighted by Crippen LogP contribution is 2.27. The second-order valence-electron chi connectivity index (χ2n) is 6.52. The average Bonchev–Trinajstić information content (AvgIpc) is 2.65. The molecule has 1 aliphatic rings. The van der Waals surface area contributed by atoms with Crippen molar-refractivity contribution in [1.82, 2.24) is 5.32 Å². The van der Waals surface area contributed by atoms with Crippen LogP contribution in [-0.4, -0.2) is 13.0 Å². The first-order valence-corrected chi connectivity index (χ1v) is 9.26. The van der Waals surface area contributed by atoms with Gasteiger partial charge in [0.05, 0.1) is 18.2 Å². The highest BCUT2D eigenvalue weighted by molar-refractivity contribution is 6.32. The van der Waals surface area contributed by atoms with E-state index in [1.54, 1.807) is 25.3 Å². The van der Waals surface area contributed by atoms with Crippen LogP contribution < -0.4 is 10.1 Å². The zero-order chi connectivity index (χ0) is 17.8. The van der Waals surface area contributed by atoms with Crippen LogP contribution in [0.25, 0.3) is 0 Å². The molecule has 2 aromatic rings. The summed E-state index contributed by atoms with van der Waals surface area (Å²) in [6.07, 6.45) is 5.68. The zero-order valence-corrected chi connectivity index (χ0v) is 15.5. The third kappa shape index (κ3) is 3.98. The third-order valence-electron chi connectivity index (χ3n) is 4.90. The SMILES string of the molecule is CCC(NC(=O)c1ccc(OC)c(Cl)c1)c1ccc2c(c1)CCCC2. The maximum atomic E-state index is 12.6. The van der Waals surface area contributed by atoms with Crippen molar-refractivity contribution in [3.05, 3.63) is 63.7 Å². The first kappa shape index (κ1) is 17.8. The molecular weight excluding hydrogens is 334 g/mol. The van der Waals surface area contributed by atoms with E-state index < -0.39 is 0 Å². The summed E-state index contributed by atoms with van der Waals surface area (Å²) >= 11 is 6.14. The number of hydrogen-bond acceptors (Lipinski definition) is 2. The number of fused-ring (bicyclic) bond motifs is 1. The number of carbonyl (C=O) groups excluding carboxylic acids is 1. The van der Waals surface area contributed by atoms with Gasteiger partial charge in [0.15, 0.2) is 0 Å². The van der Waals surface area contributed by atoms with E-state index in [2.05, 4.69) is 30.4 Å². The first-order valence-electron chi connectivity index (χ1n) is 8.88. The number of aryl methyl sites for hydroxylation is 2. The molecule has 1 aliphatic carbocycles. The van der Waals surface area contributed by atoms with Crippen LogP contribution in [0.2, 0.25) is 5.02 Å². The number of nitrogens with one attached hydrogen (secondary N) is 1. The molecule has 0 aromatic heterocycles. The molecule has 4 heteroatoms. The molecule has 0 fully saturated rings. The predicted molar refractivity (Wildman–Crippen MR) is 102 cm³/mol. The molecule has 0 heterocycles. The van der Waals surface area contributed by atoms with Gasteiger partial charge in [-0.05, 0) is 67.0 Å². The molecule has 0 aliphatic heterocycles. The molecule has 1 N–H and O–H groups in total. The van der Waals surface area contributed by atoms with Gasteiger partial charge >= 0.3 is 0 Å². The molecule has 3 nitrogen and oxygen atoms in total. The Morgan fingerprint density at radius 1 is 1.16 bits per heavy atom. The van der Waals surface area contributed by atoms with Crippen molar-refractivity contribution in [2.45, 2.75) is 45.1 Å². The van der Waals surface area contributed by atoms with Gasteiger partial charge in [0, 0.05) is 5.56 Å². The molecule has 3 rings (SSSR count). The van der Waals surface area contributed by atoms with E-state index in [9.17, 15) is 4.79 Å². The molecule has 0 bridgehead atoms. The Bertz CT molecular complexity index is 772. The van der Waals surface area contributed by atoms with Crippen molar-refractivity contribution in [3.63, 3.8) is 0 Å². The monoisotopic (exact) mass is 357 g/mol. The number of halogens is 1. The highest BCUT2D eigenvalue weighted by atomic mass is 35.5. The van der Waals surface area contributed by atoms with Gasteiger partial charge in [-0.15, -0.1) is 0 Å². The Kier molecular flexibility index (Phi) is 5.64. The topological polar surface area (TPSA) is 38.3 Å². The van der Waals surface area contributed by atoms with Crippen LogP contribution in [0.3, 0.4) is 0 Å². The first-order chi connectivity index (χ1) is 12.1. The van der Waals surface area contributed by atoms with E-state index >= 15 is 0 Å². The number of hydrogen-bond donors (Lipinski definition) is 1. The quantitative estimate of drug-likeness (QED) is 0.807. The van der Waals surface area contributed by atoms with Crippen LogP contribution in [0.1, 0.15) is 59.3 Å². The number of amides is 1. The molecule has 1 amide bonds. The van der Waals surface area contributed by atoms with Crippen LogP contribution >= 0.6 is 11.6 Å². The van der Waals surface area contributed by atoms with E-state index in [0.29, 0.717) is 16.3 Å². The lowest BCUT2D eigenvalue weighted by Gasteiger charge is -2.22. The maximum absolute atomic E-state index is 12.6. The van der Waals surface area contributed by atoms with E-state index in [1.165, 1.54) is 36.0 Å². The number of methoxy groups -OCH3 is 1. The number of benzene rings is 2. The minimum absolute atomic E-state index is 0.000559. The van der Waals surface area contributed by atoms with E-state index in [0.717, 1.165) is 12.8 Å². The normalized spacial score (nSPS) is 14.5. The predicted octanol–water partition coefficient (Wildman–Crippen LogP) is 5.11. The van der Waals surface area contributed by atoms with Gasteiger partial charge < -0.3 is 10.1 Å². The molecule has 25 heavy (non-hydrogen) atoms. The number of ether oxygens (including phenoxy) is 1. The second kappa shape index (κ2) is 7.92.